The fourth-order valence-electron chi connectivity index (χ4n) is 3.57. The lowest BCUT2D eigenvalue weighted by Crippen LogP contribution is -2.38. The van der Waals surface area contributed by atoms with Gasteiger partial charge in [0.2, 0.25) is 0 Å². The van der Waals surface area contributed by atoms with Crippen LogP contribution in [0, 0.1) is 5.82 Å². The minimum Gasteiger partial charge on any atom is -0.483 e. The first-order valence-electron chi connectivity index (χ1n) is 9.19. The third kappa shape index (κ3) is 3.60. The molecule has 156 valence electrons. The number of benzene rings is 1. The molecule has 0 aliphatic carbocycles. The topological polar surface area (TPSA) is 102 Å². The normalized spacial score (nSPS) is 19.7. The van der Waals surface area contributed by atoms with E-state index < -0.39 is 17.8 Å². The summed E-state index contributed by atoms with van der Waals surface area (Å²) in [6.45, 7) is 0.485. The van der Waals surface area contributed by atoms with Crippen LogP contribution in [0.2, 0.25) is 5.02 Å². The van der Waals surface area contributed by atoms with E-state index in [-0.39, 0.29) is 46.0 Å². The van der Waals surface area contributed by atoms with Crippen molar-refractivity contribution in [3.05, 3.63) is 50.9 Å². The highest BCUT2D eigenvalue weighted by Crippen LogP contribution is 2.43. The molecule has 3 heterocycles. The number of nitrogens with two attached hydrogens (primary N) is 1. The maximum Gasteiger partial charge on any atom is 0.326 e. The van der Waals surface area contributed by atoms with E-state index in [1.807, 2.05) is 0 Å². The largest absolute Gasteiger partial charge is 0.483 e. The van der Waals surface area contributed by atoms with Crippen LogP contribution < -0.4 is 16.0 Å². The summed E-state index contributed by atoms with van der Waals surface area (Å²) in [5, 5.41) is 4.62. The van der Waals surface area contributed by atoms with Gasteiger partial charge < -0.3 is 15.8 Å². The molecule has 0 radical (unpaired) electrons. The van der Waals surface area contributed by atoms with Crippen molar-refractivity contribution in [3.63, 3.8) is 0 Å². The zero-order valence-electron chi connectivity index (χ0n) is 15.6. The van der Waals surface area contributed by atoms with E-state index in [2.05, 4.69) is 5.32 Å². The van der Waals surface area contributed by atoms with Crippen molar-refractivity contribution in [2.75, 3.05) is 18.1 Å². The van der Waals surface area contributed by atoms with Crippen LogP contribution in [0.25, 0.3) is 11.3 Å². The molecule has 3 amide bonds. The summed E-state index contributed by atoms with van der Waals surface area (Å²) in [5.74, 6) is -1.59. The van der Waals surface area contributed by atoms with E-state index in [4.69, 9.17) is 22.1 Å². The van der Waals surface area contributed by atoms with Crippen LogP contribution in [-0.2, 0) is 14.3 Å². The lowest BCUT2D eigenvalue weighted by molar-refractivity contribution is -0.123. The number of anilines is 1. The van der Waals surface area contributed by atoms with Crippen molar-refractivity contribution in [2.24, 2.45) is 5.73 Å². The average molecular weight is 450 g/mol. The third-order valence-corrected chi connectivity index (χ3v) is 6.12. The van der Waals surface area contributed by atoms with Crippen molar-refractivity contribution in [1.29, 1.82) is 0 Å². The molecule has 3 N–H and O–H groups in total. The van der Waals surface area contributed by atoms with Crippen LogP contribution in [0.5, 0.6) is 0 Å². The van der Waals surface area contributed by atoms with Crippen LogP contribution in [0.4, 0.5) is 14.9 Å². The predicted octanol–water partition coefficient (Wildman–Crippen LogP) is 3.17. The first kappa shape index (κ1) is 20.5. The van der Waals surface area contributed by atoms with E-state index in [9.17, 15) is 18.8 Å². The van der Waals surface area contributed by atoms with E-state index in [0.29, 0.717) is 16.2 Å². The number of thiophene rings is 1. The molecule has 30 heavy (non-hydrogen) atoms. The number of primary amides is 1. The molecular weight excluding hydrogens is 433 g/mol. The van der Waals surface area contributed by atoms with Crippen molar-refractivity contribution in [3.8, 4) is 0 Å². The van der Waals surface area contributed by atoms with Gasteiger partial charge in [-0.1, -0.05) is 17.7 Å². The molecule has 0 spiro atoms. The first-order chi connectivity index (χ1) is 14.4. The number of imide groups is 1. The number of hydrogen-bond donors (Lipinski definition) is 2. The van der Waals surface area contributed by atoms with Crippen molar-refractivity contribution >= 4 is 57.7 Å². The van der Waals surface area contributed by atoms with Gasteiger partial charge in [0, 0.05) is 5.56 Å². The lowest BCUT2D eigenvalue weighted by Gasteiger charge is -2.14. The summed E-state index contributed by atoms with van der Waals surface area (Å²) in [6, 6.07) is 4.35. The van der Waals surface area contributed by atoms with Gasteiger partial charge in [0.05, 0.1) is 27.2 Å². The Bertz CT molecular complexity index is 1060. The summed E-state index contributed by atoms with van der Waals surface area (Å²) in [5.41, 5.74) is 5.52. The number of hydrogen-bond acceptors (Lipinski definition) is 6. The summed E-state index contributed by atoms with van der Waals surface area (Å²) in [6.07, 6.45) is 1.61. The Kier molecular flexibility index (Phi) is 5.59. The Morgan fingerprint density at radius 2 is 2.20 bits per heavy atom. The van der Waals surface area contributed by atoms with Gasteiger partial charge in [-0.05, 0) is 43.0 Å². The van der Waals surface area contributed by atoms with E-state index in [0.717, 1.165) is 19.0 Å². The molecule has 2 aliphatic rings. The van der Waals surface area contributed by atoms with Crippen molar-refractivity contribution in [2.45, 2.75) is 18.9 Å². The molecule has 1 saturated heterocycles. The molecule has 1 fully saturated rings. The molecule has 0 saturated carbocycles. The number of carbonyl (C=O) groups excluding carboxylic acids is 3. The minimum atomic E-state index is -1.03. The molecule has 10 heteroatoms. The zero-order valence-corrected chi connectivity index (χ0v) is 17.2. The van der Waals surface area contributed by atoms with Gasteiger partial charge in [-0.25, -0.2) is 14.1 Å². The van der Waals surface area contributed by atoms with Crippen LogP contribution in [0.3, 0.4) is 0 Å². The second-order valence-electron chi connectivity index (χ2n) is 6.85. The zero-order chi connectivity index (χ0) is 21.4. The Labute approximate surface area is 180 Å². The second-order valence-corrected chi connectivity index (χ2v) is 8.20. The maximum absolute atomic E-state index is 14.2. The SMILES string of the molecule is NC(=O)N1C(=O)C(=C(OCC(=O)[C@@H]2CCCN2)c2cccs2)c2cc(F)c(Cl)cc21. The summed E-state index contributed by atoms with van der Waals surface area (Å²) in [7, 11) is 0. The Morgan fingerprint density at radius 3 is 2.83 bits per heavy atom. The Hall–Kier alpha value is -2.75. The Balaban J connectivity index is 1.81. The Morgan fingerprint density at radius 1 is 1.40 bits per heavy atom. The number of ketones is 1. The van der Waals surface area contributed by atoms with Gasteiger partial charge in [0.25, 0.3) is 5.91 Å². The van der Waals surface area contributed by atoms with Gasteiger partial charge in [-0.2, -0.15) is 0 Å². The number of halogens is 2. The van der Waals surface area contributed by atoms with Crippen LogP contribution in [-0.4, -0.2) is 36.9 Å². The highest BCUT2D eigenvalue weighted by Gasteiger charge is 2.40. The number of ether oxygens (including phenoxy) is 1. The number of urea groups is 1. The maximum atomic E-state index is 14.2. The molecule has 0 unspecified atom stereocenters. The van der Waals surface area contributed by atoms with Gasteiger partial charge in [0.1, 0.15) is 12.4 Å². The molecule has 2 aromatic rings. The summed E-state index contributed by atoms with van der Waals surface area (Å²) >= 11 is 7.13. The van der Waals surface area contributed by atoms with Gasteiger partial charge in [-0.15, -0.1) is 11.3 Å². The van der Waals surface area contributed by atoms with Gasteiger partial charge in [-0.3, -0.25) is 9.59 Å². The molecule has 4 rings (SSSR count). The number of carbonyl (C=O) groups is 3. The fourth-order valence-corrected chi connectivity index (χ4v) is 4.46. The minimum absolute atomic E-state index is 0.0472. The van der Waals surface area contributed by atoms with Crippen LogP contribution >= 0.6 is 22.9 Å². The first-order valence-corrected chi connectivity index (χ1v) is 10.4. The average Bonchev–Trinajstić information content (AvgIpc) is 3.44. The van der Waals surface area contributed by atoms with Crippen LogP contribution in [0.1, 0.15) is 23.3 Å². The molecule has 1 aromatic carbocycles. The lowest BCUT2D eigenvalue weighted by atomic mass is 10.0. The standard InChI is InChI=1S/C20H17ClFN3O4S/c21-11-8-14-10(7-12(11)22)17(19(27)25(14)20(23)28)18(16-4-2-6-30-16)29-9-15(26)13-3-1-5-24-13/h2,4,6-8,13,24H,1,3,5,9H2,(H2,23,28)/t13-/m0/s1. The van der Waals surface area contributed by atoms with E-state index in [1.165, 1.54) is 17.4 Å². The van der Waals surface area contributed by atoms with Crippen molar-refractivity contribution < 1.29 is 23.5 Å². The van der Waals surface area contributed by atoms with Gasteiger partial charge in [0.15, 0.2) is 11.5 Å². The number of amides is 3. The molecule has 2 aliphatic heterocycles. The highest BCUT2D eigenvalue weighted by atomic mass is 35.5. The fraction of sp³-hybridized carbons (Fsp3) is 0.250. The van der Waals surface area contributed by atoms with Crippen molar-refractivity contribution in [1.82, 2.24) is 5.32 Å². The summed E-state index contributed by atoms with van der Waals surface area (Å²) in [4.78, 5) is 38.8. The quantitative estimate of drug-likeness (QED) is 0.539. The molecule has 1 atom stereocenters. The summed E-state index contributed by atoms with van der Waals surface area (Å²) < 4.78 is 20.0. The highest BCUT2D eigenvalue weighted by molar-refractivity contribution is 7.11. The second kappa shape index (κ2) is 8.17. The molecule has 0 bridgehead atoms. The number of rotatable bonds is 5. The van der Waals surface area contributed by atoms with Crippen LogP contribution in [0.15, 0.2) is 29.6 Å². The monoisotopic (exact) mass is 449 g/mol. The molecular formula is C20H17ClFN3O4S. The van der Waals surface area contributed by atoms with Gasteiger partial charge >= 0.3 is 6.03 Å². The van der Waals surface area contributed by atoms with E-state index >= 15 is 0 Å². The molecule has 1 aromatic heterocycles. The van der Waals surface area contributed by atoms with E-state index in [1.54, 1.807) is 17.5 Å². The molecule has 7 nitrogen and oxygen atoms in total. The number of nitrogens with one attached hydrogen (secondary N) is 1. The third-order valence-electron chi connectivity index (χ3n) is 4.97. The predicted molar refractivity (Wildman–Crippen MR) is 112 cm³/mol. The number of fused-ring (bicyclic) bond motifs is 1. The smallest absolute Gasteiger partial charge is 0.326 e. The number of Topliss-reactive ketones (excluding diaryl/α,β-unsaturated/α-hetero) is 1. The number of nitrogens with zero attached hydrogens (tertiary/aromatic N) is 1.